The number of benzene rings is 3. The fourth-order valence-corrected chi connectivity index (χ4v) is 4.28. The van der Waals surface area contributed by atoms with E-state index in [2.05, 4.69) is 15.6 Å². The lowest BCUT2D eigenvalue weighted by molar-refractivity contribution is -0.113. The number of carbonyl (C=O) groups is 2. The molecule has 0 unspecified atom stereocenters. The Bertz CT molecular complexity index is 1420. The lowest BCUT2D eigenvalue weighted by atomic mass is 10.2. The van der Waals surface area contributed by atoms with Crippen molar-refractivity contribution in [3.8, 4) is 11.4 Å². The molecule has 0 spiro atoms. The third-order valence-electron chi connectivity index (χ3n) is 5.14. The Labute approximate surface area is 206 Å². The third-order valence-corrected chi connectivity index (χ3v) is 6.08. The molecule has 35 heavy (non-hydrogen) atoms. The molecule has 0 aliphatic heterocycles. The summed E-state index contributed by atoms with van der Waals surface area (Å²) in [5.41, 5.74) is 2.04. The van der Waals surface area contributed by atoms with Gasteiger partial charge in [0.25, 0.3) is 11.5 Å². The van der Waals surface area contributed by atoms with E-state index in [9.17, 15) is 14.4 Å². The van der Waals surface area contributed by atoms with Gasteiger partial charge in [-0.05, 0) is 67.6 Å². The number of thioether (sulfide) groups is 1. The quantitative estimate of drug-likeness (QED) is 0.288. The zero-order chi connectivity index (χ0) is 24.8. The number of para-hydroxylation sites is 1. The molecule has 4 rings (SSSR count). The van der Waals surface area contributed by atoms with Crippen LogP contribution in [-0.4, -0.2) is 40.8 Å². The third kappa shape index (κ3) is 5.52. The number of nitrogens with zero attached hydrogens (tertiary/aromatic N) is 2. The van der Waals surface area contributed by atoms with Crippen molar-refractivity contribution in [2.75, 3.05) is 24.7 Å². The van der Waals surface area contributed by atoms with Gasteiger partial charge in [0.15, 0.2) is 5.16 Å². The van der Waals surface area contributed by atoms with Crippen LogP contribution in [0.25, 0.3) is 16.6 Å². The summed E-state index contributed by atoms with van der Waals surface area (Å²) in [5, 5.41) is 6.26. The van der Waals surface area contributed by atoms with Gasteiger partial charge in [-0.1, -0.05) is 23.9 Å². The summed E-state index contributed by atoms with van der Waals surface area (Å²) in [5.74, 6) is 0.282. The number of fused-ring (bicyclic) bond motifs is 1. The maximum absolute atomic E-state index is 13.4. The minimum absolute atomic E-state index is 0.0407. The number of hydrogen-bond donors (Lipinski definition) is 2. The molecule has 178 valence electrons. The number of nitrogens with one attached hydrogen (secondary N) is 2. The maximum Gasteiger partial charge on any atom is 0.266 e. The highest BCUT2D eigenvalue weighted by atomic mass is 32.2. The van der Waals surface area contributed by atoms with Crippen molar-refractivity contribution < 1.29 is 14.3 Å². The van der Waals surface area contributed by atoms with Crippen LogP contribution in [0.2, 0.25) is 0 Å². The van der Waals surface area contributed by atoms with Crippen molar-refractivity contribution in [2.45, 2.75) is 12.1 Å². The van der Waals surface area contributed by atoms with E-state index in [-0.39, 0.29) is 23.1 Å². The van der Waals surface area contributed by atoms with Crippen LogP contribution in [0.5, 0.6) is 5.75 Å². The van der Waals surface area contributed by atoms with E-state index < -0.39 is 0 Å². The molecule has 0 radical (unpaired) electrons. The molecule has 4 aromatic rings. The highest BCUT2D eigenvalue weighted by Gasteiger charge is 2.15. The predicted molar refractivity (Wildman–Crippen MR) is 138 cm³/mol. The normalized spacial score (nSPS) is 10.7. The Hall–Kier alpha value is -4.11. The van der Waals surface area contributed by atoms with E-state index in [4.69, 9.17) is 4.74 Å². The van der Waals surface area contributed by atoms with Crippen LogP contribution in [0, 0.1) is 0 Å². The maximum atomic E-state index is 13.4. The second-order valence-corrected chi connectivity index (χ2v) is 8.41. The average molecular weight is 489 g/mol. The van der Waals surface area contributed by atoms with E-state index >= 15 is 0 Å². The van der Waals surface area contributed by atoms with Gasteiger partial charge >= 0.3 is 0 Å². The van der Waals surface area contributed by atoms with E-state index in [0.29, 0.717) is 45.4 Å². The minimum Gasteiger partial charge on any atom is -0.494 e. The molecule has 0 saturated heterocycles. The molecule has 9 heteroatoms. The molecule has 0 aliphatic rings. The molecule has 8 nitrogen and oxygen atoms in total. The first kappa shape index (κ1) is 24.0. The summed E-state index contributed by atoms with van der Waals surface area (Å²) >= 11 is 1.17. The molecule has 0 atom stereocenters. The summed E-state index contributed by atoms with van der Waals surface area (Å²) < 4.78 is 7.01. The van der Waals surface area contributed by atoms with Crippen molar-refractivity contribution in [3.63, 3.8) is 0 Å². The smallest absolute Gasteiger partial charge is 0.266 e. The fourth-order valence-electron chi connectivity index (χ4n) is 3.47. The van der Waals surface area contributed by atoms with Crippen LogP contribution in [0.3, 0.4) is 0 Å². The molecule has 0 saturated carbocycles. The summed E-state index contributed by atoms with van der Waals surface area (Å²) in [6, 6.07) is 20.9. The first-order valence-corrected chi connectivity index (χ1v) is 12.0. The van der Waals surface area contributed by atoms with Crippen LogP contribution < -0.4 is 20.9 Å². The second kappa shape index (κ2) is 10.9. The monoisotopic (exact) mass is 488 g/mol. The Morgan fingerprint density at radius 1 is 1.00 bits per heavy atom. The van der Waals surface area contributed by atoms with Gasteiger partial charge in [0.1, 0.15) is 5.75 Å². The standard InChI is InChI=1S/C26H24N4O4S/c1-3-34-20-14-12-19(13-15-20)30-25(33)21-6-4-5-7-22(21)29-26(30)35-16-23(31)28-18-10-8-17(9-11-18)24(32)27-2/h4-15H,3,16H2,1-2H3,(H,27,32)(H,28,31). The predicted octanol–water partition coefficient (Wildman–Crippen LogP) is 3.87. The molecular formula is C26H24N4O4S. The van der Waals surface area contributed by atoms with Gasteiger partial charge < -0.3 is 15.4 Å². The topological polar surface area (TPSA) is 102 Å². The number of carbonyl (C=O) groups excluding carboxylic acids is 2. The lowest BCUT2D eigenvalue weighted by Gasteiger charge is -2.14. The summed E-state index contributed by atoms with van der Waals surface area (Å²) in [6.45, 7) is 2.45. The number of amides is 2. The van der Waals surface area contributed by atoms with Gasteiger partial charge in [0.2, 0.25) is 5.91 Å². The van der Waals surface area contributed by atoms with Gasteiger partial charge in [-0.25, -0.2) is 4.98 Å². The molecule has 2 N–H and O–H groups in total. The number of aromatic nitrogens is 2. The van der Waals surface area contributed by atoms with E-state index in [1.54, 1.807) is 73.8 Å². The Balaban J connectivity index is 1.58. The average Bonchev–Trinajstić information content (AvgIpc) is 2.88. The molecule has 2 amide bonds. The van der Waals surface area contributed by atoms with Crippen molar-refractivity contribution in [1.29, 1.82) is 0 Å². The van der Waals surface area contributed by atoms with Gasteiger partial charge in [0, 0.05) is 18.3 Å². The summed E-state index contributed by atoms with van der Waals surface area (Å²) in [6.07, 6.45) is 0. The highest BCUT2D eigenvalue weighted by Crippen LogP contribution is 2.23. The summed E-state index contributed by atoms with van der Waals surface area (Å²) in [4.78, 5) is 42.3. The number of hydrogen-bond acceptors (Lipinski definition) is 6. The van der Waals surface area contributed by atoms with Crippen molar-refractivity contribution >= 4 is 40.2 Å². The molecule has 0 fully saturated rings. The SMILES string of the molecule is CCOc1ccc(-n2c(SCC(=O)Nc3ccc(C(=O)NC)cc3)nc3ccccc3c2=O)cc1. The van der Waals surface area contributed by atoms with Crippen molar-refractivity contribution in [2.24, 2.45) is 0 Å². The van der Waals surface area contributed by atoms with Gasteiger partial charge in [-0.15, -0.1) is 0 Å². The van der Waals surface area contributed by atoms with Crippen LogP contribution in [0.15, 0.2) is 82.7 Å². The largest absolute Gasteiger partial charge is 0.494 e. The molecule has 0 bridgehead atoms. The van der Waals surface area contributed by atoms with Gasteiger partial charge in [-0.2, -0.15) is 0 Å². The Morgan fingerprint density at radius 3 is 2.40 bits per heavy atom. The Morgan fingerprint density at radius 2 is 1.71 bits per heavy atom. The van der Waals surface area contributed by atoms with E-state index in [1.807, 2.05) is 13.0 Å². The van der Waals surface area contributed by atoms with Gasteiger partial charge in [0.05, 0.1) is 29.0 Å². The van der Waals surface area contributed by atoms with Crippen LogP contribution in [0.1, 0.15) is 17.3 Å². The summed E-state index contributed by atoms with van der Waals surface area (Å²) in [7, 11) is 1.56. The molecule has 3 aromatic carbocycles. The van der Waals surface area contributed by atoms with E-state index in [0.717, 1.165) is 0 Å². The first-order chi connectivity index (χ1) is 17.0. The number of anilines is 1. The van der Waals surface area contributed by atoms with Crippen molar-refractivity contribution in [1.82, 2.24) is 14.9 Å². The molecule has 1 heterocycles. The zero-order valence-electron chi connectivity index (χ0n) is 19.3. The zero-order valence-corrected chi connectivity index (χ0v) is 20.1. The highest BCUT2D eigenvalue weighted by molar-refractivity contribution is 7.99. The number of rotatable bonds is 8. The number of ether oxygens (including phenoxy) is 1. The van der Waals surface area contributed by atoms with Crippen molar-refractivity contribution in [3.05, 3.63) is 88.7 Å². The van der Waals surface area contributed by atoms with Crippen LogP contribution >= 0.6 is 11.8 Å². The first-order valence-electron chi connectivity index (χ1n) is 11.0. The van der Waals surface area contributed by atoms with E-state index in [1.165, 1.54) is 16.3 Å². The Kier molecular flexibility index (Phi) is 7.47. The van der Waals surface area contributed by atoms with Crippen LogP contribution in [0.4, 0.5) is 5.69 Å². The molecule has 0 aliphatic carbocycles. The van der Waals surface area contributed by atoms with Crippen LogP contribution in [-0.2, 0) is 4.79 Å². The molecular weight excluding hydrogens is 464 g/mol. The molecule has 1 aromatic heterocycles. The second-order valence-electron chi connectivity index (χ2n) is 7.47. The fraction of sp³-hybridized carbons (Fsp3) is 0.154. The van der Waals surface area contributed by atoms with Gasteiger partial charge in [-0.3, -0.25) is 19.0 Å². The minimum atomic E-state index is -0.261. The lowest BCUT2D eigenvalue weighted by Crippen LogP contribution is -2.23.